The van der Waals surface area contributed by atoms with Crippen molar-refractivity contribution in [3.63, 3.8) is 0 Å². The Kier molecular flexibility index (Phi) is 1.56. The van der Waals surface area contributed by atoms with Gasteiger partial charge in [0.25, 0.3) is 0 Å². The van der Waals surface area contributed by atoms with E-state index in [4.69, 9.17) is 4.74 Å². The zero-order chi connectivity index (χ0) is 7.68. The third kappa shape index (κ3) is 1.11. The molecule has 0 aliphatic carbocycles. The highest BCUT2D eigenvalue weighted by Crippen LogP contribution is 2.20. The molecule has 1 unspecified atom stereocenters. The average Bonchev–Trinajstić information content (AvgIpc) is 2.50. The average molecular weight is 152 g/mol. The van der Waals surface area contributed by atoms with Crippen LogP contribution >= 0.6 is 0 Å². The molecule has 60 valence electrons. The molecule has 3 nitrogen and oxygen atoms in total. The molecule has 0 bridgehead atoms. The zero-order valence-electron chi connectivity index (χ0n) is 6.66. The smallest absolute Gasteiger partial charge is 0.211 e. The summed E-state index contributed by atoms with van der Waals surface area (Å²) >= 11 is 0. The summed E-state index contributed by atoms with van der Waals surface area (Å²) in [6.07, 6.45) is 2.95. The third-order valence-corrected chi connectivity index (χ3v) is 2.15. The van der Waals surface area contributed by atoms with Crippen molar-refractivity contribution < 1.29 is 4.74 Å². The first-order valence-corrected chi connectivity index (χ1v) is 4.04. The number of hydrogen-bond donors (Lipinski definition) is 0. The lowest BCUT2D eigenvalue weighted by atomic mass is 10.1. The summed E-state index contributed by atoms with van der Waals surface area (Å²) in [6, 6.07) is 1.91. The van der Waals surface area contributed by atoms with E-state index in [2.05, 4.69) is 12.0 Å². The lowest BCUT2D eigenvalue weighted by molar-refractivity contribution is 0.161. The standard InChI is InChI=1S/C8H12N2O/c1-2-7-5-10-8(11-6-7)3-4-9-10/h3-4,7H,2,5-6H2,1H3. The van der Waals surface area contributed by atoms with Gasteiger partial charge in [-0.1, -0.05) is 6.92 Å². The molecule has 0 amide bonds. The van der Waals surface area contributed by atoms with E-state index in [-0.39, 0.29) is 0 Å². The second-order valence-electron chi connectivity index (χ2n) is 2.94. The van der Waals surface area contributed by atoms with E-state index in [1.54, 1.807) is 6.20 Å². The van der Waals surface area contributed by atoms with Crippen molar-refractivity contribution in [2.24, 2.45) is 5.92 Å². The minimum Gasteiger partial charge on any atom is -0.477 e. The van der Waals surface area contributed by atoms with Crippen LogP contribution in [0.4, 0.5) is 0 Å². The van der Waals surface area contributed by atoms with Crippen molar-refractivity contribution in [3.05, 3.63) is 12.3 Å². The van der Waals surface area contributed by atoms with Gasteiger partial charge in [-0.15, -0.1) is 0 Å². The van der Waals surface area contributed by atoms with Crippen molar-refractivity contribution >= 4 is 0 Å². The maximum Gasteiger partial charge on any atom is 0.211 e. The molecule has 0 saturated carbocycles. The SMILES string of the molecule is CCC1COc2ccnn2C1. The van der Waals surface area contributed by atoms with Crippen molar-refractivity contribution in [1.29, 1.82) is 0 Å². The number of aromatic nitrogens is 2. The summed E-state index contributed by atoms with van der Waals surface area (Å²) in [7, 11) is 0. The molecule has 2 heterocycles. The summed E-state index contributed by atoms with van der Waals surface area (Å²) in [4.78, 5) is 0. The monoisotopic (exact) mass is 152 g/mol. The van der Waals surface area contributed by atoms with Crippen molar-refractivity contribution in [1.82, 2.24) is 9.78 Å². The van der Waals surface area contributed by atoms with E-state index in [1.807, 2.05) is 10.7 Å². The minimum atomic E-state index is 0.641. The Morgan fingerprint density at radius 2 is 2.73 bits per heavy atom. The van der Waals surface area contributed by atoms with Crippen molar-refractivity contribution in [2.75, 3.05) is 6.61 Å². The van der Waals surface area contributed by atoms with E-state index < -0.39 is 0 Å². The molecule has 0 saturated heterocycles. The summed E-state index contributed by atoms with van der Waals surface area (Å²) in [5, 5.41) is 4.15. The van der Waals surface area contributed by atoms with Crippen LogP contribution in [-0.2, 0) is 6.54 Å². The largest absolute Gasteiger partial charge is 0.477 e. The number of nitrogens with zero attached hydrogens (tertiary/aromatic N) is 2. The predicted molar refractivity (Wildman–Crippen MR) is 41.5 cm³/mol. The van der Waals surface area contributed by atoms with Gasteiger partial charge in [-0.3, -0.25) is 0 Å². The summed E-state index contributed by atoms with van der Waals surface area (Å²) < 4.78 is 7.40. The number of ether oxygens (including phenoxy) is 1. The van der Waals surface area contributed by atoms with Crippen LogP contribution < -0.4 is 4.74 Å². The zero-order valence-corrected chi connectivity index (χ0v) is 6.66. The van der Waals surface area contributed by atoms with Gasteiger partial charge >= 0.3 is 0 Å². The highest BCUT2D eigenvalue weighted by molar-refractivity contribution is 5.09. The molecule has 2 rings (SSSR count). The Hall–Kier alpha value is -0.990. The first-order chi connectivity index (χ1) is 5.40. The normalized spacial score (nSPS) is 22.5. The van der Waals surface area contributed by atoms with Crippen LogP contribution in [0.15, 0.2) is 12.3 Å². The van der Waals surface area contributed by atoms with E-state index in [0.29, 0.717) is 5.92 Å². The van der Waals surface area contributed by atoms with Crippen LogP contribution in [0.1, 0.15) is 13.3 Å². The summed E-state index contributed by atoms with van der Waals surface area (Å²) in [5.41, 5.74) is 0. The van der Waals surface area contributed by atoms with Crippen LogP contribution in [-0.4, -0.2) is 16.4 Å². The Balaban J connectivity index is 2.18. The van der Waals surface area contributed by atoms with Gasteiger partial charge in [0.2, 0.25) is 5.88 Å². The first kappa shape index (κ1) is 6.70. The van der Waals surface area contributed by atoms with Gasteiger partial charge < -0.3 is 4.74 Å². The molecule has 1 aliphatic heterocycles. The molecule has 1 aliphatic rings. The number of rotatable bonds is 1. The van der Waals surface area contributed by atoms with Gasteiger partial charge in [-0.2, -0.15) is 5.10 Å². The second kappa shape index (κ2) is 2.57. The molecule has 0 fully saturated rings. The molecule has 3 heteroatoms. The van der Waals surface area contributed by atoms with E-state index in [0.717, 1.165) is 19.0 Å². The van der Waals surface area contributed by atoms with Crippen LogP contribution in [0.5, 0.6) is 5.88 Å². The quantitative estimate of drug-likeness (QED) is 0.606. The molecule has 0 N–H and O–H groups in total. The van der Waals surface area contributed by atoms with E-state index in [1.165, 1.54) is 6.42 Å². The highest BCUT2D eigenvalue weighted by Gasteiger charge is 2.17. The minimum absolute atomic E-state index is 0.641. The number of hydrogen-bond acceptors (Lipinski definition) is 2. The van der Waals surface area contributed by atoms with E-state index in [9.17, 15) is 0 Å². The van der Waals surface area contributed by atoms with Crippen LogP contribution in [0.2, 0.25) is 0 Å². The maximum atomic E-state index is 5.47. The van der Waals surface area contributed by atoms with Crippen LogP contribution in [0.3, 0.4) is 0 Å². The van der Waals surface area contributed by atoms with Crippen LogP contribution in [0.25, 0.3) is 0 Å². The fourth-order valence-electron chi connectivity index (χ4n) is 1.33. The topological polar surface area (TPSA) is 27.1 Å². The molecule has 11 heavy (non-hydrogen) atoms. The Bertz CT molecular complexity index is 244. The Morgan fingerprint density at radius 3 is 3.55 bits per heavy atom. The van der Waals surface area contributed by atoms with Gasteiger partial charge in [0.1, 0.15) is 0 Å². The molecule has 0 spiro atoms. The molecule has 0 radical (unpaired) electrons. The van der Waals surface area contributed by atoms with Gasteiger partial charge in [0.15, 0.2) is 0 Å². The third-order valence-electron chi connectivity index (χ3n) is 2.15. The fourth-order valence-corrected chi connectivity index (χ4v) is 1.33. The molecular weight excluding hydrogens is 140 g/mol. The van der Waals surface area contributed by atoms with Gasteiger partial charge in [0.05, 0.1) is 19.3 Å². The lowest BCUT2D eigenvalue weighted by Crippen LogP contribution is -2.24. The predicted octanol–water partition coefficient (Wildman–Crippen LogP) is 1.30. The first-order valence-electron chi connectivity index (χ1n) is 4.04. The highest BCUT2D eigenvalue weighted by atomic mass is 16.5. The maximum absolute atomic E-state index is 5.47. The van der Waals surface area contributed by atoms with Gasteiger partial charge in [0, 0.05) is 12.0 Å². The van der Waals surface area contributed by atoms with Gasteiger partial charge in [-0.05, 0) is 6.42 Å². The summed E-state index contributed by atoms with van der Waals surface area (Å²) in [5.74, 6) is 1.55. The Labute approximate surface area is 66.0 Å². The lowest BCUT2D eigenvalue weighted by Gasteiger charge is -2.22. The fraction of sp³-hybridized carbons (Fsp3) is 0.625. The number of fused-ring (bicyclic) bond motifs is 1. The summed E-state index contributed by atoms with van der Waals surface area (Å²) in [6.45, 7) is 4.05. The molecular formula is C8H12N2O. The molecule has 1 aromatic rings. The van der Waals surface area contributed by atoms with Gasteiger partial charge in [-0.25, -0.2) is 4.68 Å². The Morgan fingerprint density at radius 1 is 1.82 bits per heavy atom. The van der Waals surface area contributed by atoms with Crippen molar-refractivity contribution in [2.45, 2.75) is 19.9 Å². The molecule has 0 aromatic carbocycles. The van der Waals surface area contributed by atoms with Crippen molar-refractivity contribution in [3.8, 4) is 5.88 Å². The second-order valence-corrected chi connectivity index (χ2v) is 2.94. The molecule has 1 atom stereocenters. The van der Waals surface area contributed by atoms with Crippen LogP contribution in [0, 0.1) is 5.92 Å². The van der Waals surface area contributed by atoms with E-state index >= 15 is 0 Å². The molecule has 1 aromatic heterocycles.